The van der Waals surface area contributed by atoms with Crippen LogP contribution >= 0.6 is 0 Å². The molecule has 0 aromatic heterocycles. The van der Waals surface area contributed by atoms with Gasteiger partial charge < -0.3 is 0 Å². The first-order chi connectivity index (χ1) is 10.2. The van der Waals surface area contributed by atoms with Gasteiger partial charge in [-0.3, -0.25) is 0 Å². The van der Waals surface area contributed by atoms with E-state index >= 15 is 0 Å². The average molecular weight is 278 g/mol. The SMILES string of the molecule is CC.CC1(C)c2ccccc2-c2c1ccc1c2CCCC1. The van der Waals surface area contributed by atoms with Crippen LogP contribution < -0.4 is 0 Å². The van der Waals surface area contributed by atoms with E-state index in [2.05, 4.69) is 50.2 Å². The van der Waals surface area contributed by atoms with Crippen LogP contribution in [0.5, 0.6) is 0 Å². The summed E-state index contributed by atoms with van der Waals surface area (Å²) in [5.41, 5.74) is 9.50. The van der Waals surface area contributed by atoms with E-state index in [9.17, 15) is 0 Å². The first-order valence-electron chi connectivity index (χ1n) is 8.45. The van der Waals surface area contributed by atoms with E-state index in [0.29, 0.717) is 0 Å². The van der Waals surface area contributed by atoms with Crippen molar-refractivity contribution < 1.29 is 0 Å². The maximum Gasteiger partial charge on any atom is 0.0158 e. The van der Waals surface area contributed by atoms with Crippen LogP contribution in [0, 0.1) is 0 Å². The van der Waals surface area contributed by atoms with Crippen molar-refractivity contribution in [2.75, 3.05) is 0 Å². The summed E-state index contributed by atoms with van der Waals surface area (Å²) in [5, 5.41) is 0. The maximum absolute atomic E-state index is 2.39. The minimum absolute atomic E-state index is 0.165. The molecule has 0 spiro atoms. The maximum atomic E-state index is 2.39. The molecule has 0 atom stereocenters. The highest BCUT2D eigenvalue weighted by molar-refractivity contribution is 5.84. The molecule has 0 saturated heterocycles. The zero-order valence-corrected chi connectivity index (χ0v) is 13.8. The molecule has 0 heterocycles. The number of hydrogen-bond donors (Lipinski definition) is 0. The van der Waals surface area contributed by atoms with Gasteiger partial charge in [0.1, 0.15) is 0 Å². The molecule has 21 heavy (non-hydrogen) atoms. The first kappa shape index (κ1) is 14.4. The van der Waals surface area contributed by atoms with Gasteiger partial charge in [-0.25, -0.2) is 0 Å². The summed E-state index contributed by atoms with van der Waals surface area (Å²) >= 11 is 0. The molecule has 0 radical (unpaired) electrons. The summed E-state index contributed by atoms with van der Waals surface area (Å²) in [6.45, 7) is 8.74. The van der Waals surface area contributed by atoms with Gasteiger partial charge in [0.2, 0.25) is 0 Å². The molecule has 4 rings (SSSR count). The second-order valence-electron chi connectivity index (χ2n) is 6.50. The highest BCUT2D eigenvalue weighted by Gasteiger charge is 2.37. The Balaban J connectivity index is 0.000000636. The molecule has 0 bridgehead atoms. The van der Waals surface area contributed by atoms with Crippen LogP contribution in [-0.2, 0) is 18.3 Å². The molecular weight excluding hydrogens is 252 g/mol. The van der Waals surface area contributed by atoms with Crippen molar-refractivity contribution in [1.29, 1.82) is 0 Å². The van der Waals surface area contributed by atoms with Gasteiger partial charge in [0.05, 0.1) is 0 Å². The van der Waals surface area contributed by atoms with Gasteiger partial charge in [0.15, 0.2) is 0 Å². The largest absolute Gasteiger partial charge is 0.0683 e. The molecular formula is C21H26. The molecule has 0 N–H and O–H groups in total. The minimum Gasteiger partial charge on any atom is -0.0683 e. The monoisotopic (exact) mass is 278 g/mol. The van der Waals surface area contributed by atoms with E-state index < -0.39 is 0 Å². The lowest BCUT2D eigenvalue weighted by molar-refractivity contribution is 0.653. The van der Waals surface area contributed by atoms with Gasteiger partial charge in [-0.2, -0.15) is 0 Å². The highest BCUT2D eigenvalue weighted by Crippen LogP contribution is 2.51. The normalized spacial score (nSPS) is 17.1. The molecule has 0 saturated carbocycles. The predicted molar refractivity (Wildman–Crippen MR) is 92.0 cm³/mol. The minimum atomic E-state index is 0.165. The molecule has 2 aromatic rings. The van der Waals surface area contributed by atoms with E-state index in [1.165, 1.54) is 42.4 Å². The third kappa shape index (κ3) is 2.04. The summed E-state index contributed by atoms with van der Waals surface area (Å²) in [4.78, 5) is 0. The summed E-state index contributed by atoms with van der Waals surface area (Å²) in [6, 6.07) is 13.8. The number of rotatable bonds is 0. The fourth-order valence-electron chi connectivity index (χ4n) is 4.05. The van der Waals surface area contributed by atoms with E-state index in [4.69, 9.17) is 0 Å². The smallest absolute Gasteiger partial charge is 0.0158 e. The second kappa shape index (κ2) is 5.33. The van der Waals surface area contributed by atoms with Gasteiger partial charge in [-0.15, -0.1) is 0 Å². The Morgan fingerprint density at radius 1 is 0.810 bits per heavy atom. The van der Waals surface area contributed by atoms with Gasteiger partial charge in [0, 0.05) is 5.41 Å². The van der Waals surface area contributed by atoms with Crippen LogP contribution in [0.25, 0.3) is 11.1 Å². The number of hydrogen-bond acceptors (Lipinski definition) is 0. The Morgan fingerprint density at radius 2 is 1.52 bits per heavy atom. The van der Waals surface area contributed by atoms with E-state index in [0.717, 1.165) is 0 Å². The highest BCUT2D eigenvalue weighted by atomic mass is 14.4. The van der Waals surface area contributed by atoms with Gasteiger partial charge in [-0.05, 0) is 59.1 Å². The van der Waals surface area contributed by atoms with Gasteiger partial charge in [-0.1, -0.05) is 64.1 Å². The molecule has 2 aromatic carbocycles. The molecule has 0 unspecified atom stereocenters. The molecule has 0 amide bonds. The Kier molecular flexibility index (Phi) is 3.65. The zero-order valence-electron chi connectivity index (χ0n) is 13.8. The Morgan fingerprint density at radius 3 is 2.33 bits per heavy atom. The van der Waals surface area contributed by atoms with Crippen molar-refractivity contribution in [1.82, 2.24) is 0 Å². The summed E-state index contributed by atoms with van der Waals surface area (Å²) in [5.74, 6) is 0. The second-order valence-corrected chi connectivity index (χ2v) is 6.50. The number of aryl methyl sites for hydroxylation is 1. The number of benzene rings is 2. The van der Waals surface area contributed by atoms with Gasteiger partial charge in [0.25, 0.3) is 0 Å². The van der Waals surface area contributed by atoms with E-state index in [1.807, 2.05) is 13.8 Å². The molecule has 0 nitrogen and oxygen atoms in total. The van der Waals surface area contributed by atoms with E-state index in [1.54, 1.807) is 16.7 Å². The number of fused-ring (bicyclic) bond motifs is 5. The van der Waals surface area contributed by atoms with Crippen LogP contribution in [0.1, 0.15) is 62.8 Å². The summed E-state index contributed by atoms with van der Waals surface area (Å²) < 4.78 is 0. The summed E-state index contributed by atoms with van der Waals surface area (Å²) in [7, 11) is 0. The van der Waals surface area contributed by atoms with Crippen molar-refractivity contribution in [2.24, 2.45) is 0 Å². The zero-order chi connectivity index (χ0) is 15.0. The molecule has 2 aliphatic rings. The van der Waals surface area contributed by atoms with Crippen molar-refractivity contribution >= 4 is 0 Å². The van der Waals surface area contributed by atoms with Crippen molar-refractivity contribution in [2.45, 2.75) is 58.8 Å². The fraction of sp³-hybridized carbons (Fsp3) is 0.429. The van der Waals surface area contributed by atoms with E-state index in [-0.39, 0.29) is 5.41 Å². The first-order valence-corrected chi connectivity index (χ1v) is 8.45. The standard InChI is InChI=1S/C19H20.C2H6/c1-19(2)16-10-6-5-9-15(16)18-14-8-4-3-7-13(14)11-12-17(18)19;1-2/h5-6,9-12H,3-4,7-8H2,1-2H3;1-2H3. The van der Waals surface area contributed by atoms with Crippen LogP contribution in [0.2, 0.25) is 0 Å². The van der Waals surface area contributed by atoms with Crippen LogP contribution in [-0.4, -0.2) is 0 Å². The van der Waals surface area contributed by atoms with Crippen LogP contribution in [0.15, 0.2) is 36.4 Å². The lowest BCUT2D eigenvalue weighted by atomic mass is 9.80. The molecule has 0 heteroatoms. The average Bonchev–Trinajstić information content (AvgIpc) is 2.78. The molecule has 0 fully saturated rings. The molecule has 2 aliphatic carbocycles. The third-order valence-electron chi connectivity index (χ3n) is 5.08. The Bertz CT molecular complexity index is 662. The Labute approximate surface area is 129 Å². The topological polar surface area (TPSA) is 0 Å². The summed E-state index contributed by atoms with van der Waals surface area (Å²) in [6.07, 6.45) is 5.25. The quantitative estimate of drug-likeness (QED) is 0.563. The van der Waals surface area contributed by atoms with Crippen molar-refractivity contribution in [3.8, 4) is 11.1 Å². The molecule has 110 valence electrons. The predicted octanol–water partition coefficient (Wildman–Crippen LogP) is 5.90. The third-order valence-corrected chi connectivity index (χ3v) is 5.08. The van der Waals surface area contributed by atoms with Crippen molar-refractivity contribution in [3.05, 3.63) is 58.7 Å². The lowest BCUT2D eigenvalue weighted by Crippen LogP contribution is -2.15. The van der Waals surface area contributed by atoms with Crippen LogP contribution in [0.3, 0.4) is 0 Å². The lowest BCUT2D eigenvalue weighted by Gasteiger charge is -2.24. The Hall–Kier alpha value is -1.56. The fourth-order valence-corrected chi connectivity index (χ4v) is 4.05. The van der Waals surface area contributed by atoms with Crippen LogP contribution in [0.4, 0.5) is 0 Å². The van der Waals surface area contributed by atoms with Gasteiger partial charge >= 0.3 is 0 Å². The van der Waals surface area contributed by atoms with Crippen molar-refractivity contribution in [3.63, 3.8) is 0 Å². The molecule has 0 aliphatic heterocycles.